The lowest BCUT2D eigenvalue weighted by Crippen LogP contribution is -2.29. The summed E-state index contributed by atoms with van der Waals surface area (Å²) in [5.74, 6) is 1.90. The summed E-state index contributed by atoms with van der Waals surface area (Å²) in [5, 5.41) is 3.81. The molecule has 114 valence electrons. The molecule has 1 fully saturated rings. The van der Waals surface area contributed by atoms with Crippen LogP contribution in [-0.2, 0) is 0 Å². The van der Waals surface area contributed by atoms with Crippen molar-refractivity contribution in [2.24, 2.45) is 11.8 Å². The molecule has 0 aromatic heterocycles. The molecule has 19 heavy (non-hydrogen) atoms. The van der Waals surface area contributed by atoms with E-state index in [4.69, 9.17) is 0 Å². The Morgan fingerprint density at radius 1 is 0.947 bits per heavy atom. The maximum atomic E-state index is 3.81. The van der Waals surface area contributed by atoms with E-state index in [1.54, 1.807) is 0 Å². The molecule has 1 nitrogen and oxygen atoms in total. The third kappa shape index (κ3) is 8.68. The minimum atomic E-state index is 0.826. The molecule has 2 atom stereocenters. The van der Waals surface area contributed by atoms with Crippen LogP contribution in [0.3, 0.4) is 0 Å². The van der Waals surface area contributed by atoms with Crippen LogP contribution in [0.25, 0.3) is 0 Å². The van der Waals surface area contributed by atoms with Gasteiger partial charge in [-0.25, -0.2) is 0 Å². The monoisotopic (exact) mass is 267 g/mol. The van der Waals surface area contributed by atoms with E-state index in [-0.39, 0.29) is 0 Å². The Bertz CT molecular complexity index is 200. The second-order valence-corrected chi connectivity index (χ2v) is 7.03. The van der Waals surface area contributed by atoms with Crippen LogP contribution >= 0.6 is 0 Å². The van der Waals surface area contributed by atoms with Crippen molar-refractivity contribution in [3.05, 3.63) is 0 Å². The summed E-state index contributed by atoms with van der Waals surface area (Å²) >= 11 is 0. The molecule has 0 aromatic rings. The Kier molecular flexibility index (Phi) is 9.59. The molecule has 0 aliphatic heterocycles. The fourth-order valence-corrected chi connectivity index (χ4v) is 3.33. The summed E-state index contributed by atoms with van der Waals surface area (Å²) in [6.45, 7) is 8.27. The average Bonchev–Trinajstić information content (AvgIpc) is 2.62. The van der Waals surface area contributed by atoms with Gasteiger partial charge >= 0.3 is 0 Å². The van der Waals surface area contributed by atoms with E-state index in [2.05, 4.69) is 26.1 Å². The fraction of sp³-hybridized carbons (Fsp3) is 1.00. The van der Waals surface area contributed by atoms with Gasteiger partial charge in [0.2, 0.25) is 0 Å². The van der Waals surface area contributed by atoms with Gasteiger partial charge in [0.25, 0.3) is 0 Å². The quantitative estimate of drug-likeness (QED) is 0.427. The molecule has 1 rings (SSSR count). The van der Waals surface area contributed by atoms with Crippen LogP contribution in [0.4, 0.5) is 0 Å². The first-order valence-corrected chi connectivity index (χ1v) is 8.95. The molecule has 0 radical (unpaired) electrons. The molecule has 2 unspecified atom stereocenters. The number of nitrogens with one attached hydrogen (secondary N) is 1. The molecule has 1 saturated carbocycles. The van der Waals surface area contributed by atoms with Crippen LogP contribution in [0.5, 0.6) is 0 Å². The van der Waals surface area contributed by atoms with Crippen LogP contribution in [-0.4, -0.2) is 12.6 Å². The highest BCUT2D eigenvalue weighted by atomic mass is 14.9. The predicted molar refractivity (Wildman–Crippen MR) is 86.6 cm³/mol. The van der Waals surface area contributed by atoms with Gasteiger partial charge in [-0.05, 0) is 44.1 Å². The summed E-state index contributed by atoms with van der Waals surface area (Å²) in [7, 11) is 0. The fourth-order valence-electron chi connectivity index (χ4n) is 3.33. The molecule has 0 bridgehead atoms. The Hall–Kier alpha value is -0.0400. The Balaban J connectivity index is 1.94. The first-order chi connectivity index (χ1) is 9.22. The van der Waals surface area contributed by atoms with Gasteiger partial charge in [-0.1, -0.05) is 65.7 Å². The number of unbranched alkanes of at least 4 members (excludes halogenated alkanes) is 3. The largest absolute Gasteiger partial charge is 0.314 e. The summed E-state index contributed by atoms with van der Waals surface area (Å²) in [6.07, 6.45) is 15.7. The maximum absolute atomic E-state index is 3.81. The van der Waals surface area contributed by atoms with Crippen molar-refractivity contribution in [1.29, 1.82) is 0 Å². The summed E-state index contributed by atoms with van der Waals surface area (Å²) < 4.78 is 0. The van der Waals surface area contributed by atoms with Crippen LogP contribution in [0.2, 0.25) is 0 Å². The molecule has 1 aliphatic rings. The van der Waals surface area contributed by atoms with Gasteiger partial charge in [0.05, 0.1) is 0 Å². The normalized spacial score (nSPS) is 24.6. The maximum Gasteiger partial charge on any atom is 0.00671 e. The molecule has 0 aromatic carbocycles. The Morgan fingerprint density at radius 3 is 2.47 bits per heavy atom. The van der Waals surface area contributed by atoms with E-state index in [1.165, 1.54) is 77.2 Å². The van der Waals surface area contributed by atoms with E-state index >= 15 is 0 Å². The number of hydrogen-bond acceptors (Lipinski definition) is 1. The highest BCUT2D eigenvalue weighted by molar-refractivity contribution is 4.74. The van der Waals surface area contributed by atoms with E-state index in [9.17, 15) is 0 Å². The van der Waals surface area contributed by atoms with E-state index < -0.39 is 0 Å². The first kappa shape index (κ1) is 17.0. The third-order valence-electron chi connectivity index (χ3n) is 4.81. The van der Waals surface area contributed by atoms with Gasteiger partial charge in [-0.3, -0.25) is 0 Å². The zero-order valence-corrected chi connectivity index (χ0v) is 13.7. The van der Waals surface area contributed by atoms with Crippen molar-refractivity contribution in [2.75, 3.05) is 6.54 Å². The van der Waals surface area contributed by atoms with Crippen molar-refractivity contribution in [2.45, 2.75) is 97.4 Å². The van der Waals surface area contributed by atoms with Crippen LogP contribution in [0.1, 0.15) is 91.4 Å². The highest BCUT2D eigenvalue weighted by Crippen LogP contribution is 2.25. The van der Waals surface area contributed by atoms with Crippen molar-refractivity contribution >= 4 is 0 Å². The first-order valence-electron chi connectivity index (χ1n) is 8.95. The minimum absolute atomic E-state index is 0.826. The topological polar surface area (TPSA) is 12.0 Å². The lowest BCUT2D eigenvalue weighted by atomic mass is 9.98. The number of rotatable bonds is 9. The van der Waals surface area contributed by atoms with E-state index in [0.717, 1.165) is 17.9 Å². The zero-order valence-electron chi connectivity index (χ0n) is 13.7. The molecule has 1 heteroatoms. The molecule has 0 saturated heterocycles. The van der Waals surface area contributed by atoms with Crippen LogP contribution in [0, 0.1) is 11.8 Å². The minimum Gasteiger partial charge on any atom is -0.314 e. The molecular formula is C18H37N. The Morgan fingerprint density at radius 2 is 1.74 bits per heavy atom. The van der Waals surface area contributed by atoms with E-state index in [0.29, 0.717) is 0 Å². The van der Waals surface area contributed by atoms with Crippen LogP contribution < -0.4 is 5.32 Å². The second kappa shape index (κ2) is 10.7. The third-order valence-corrected chi connectivity index (χ3v) is 4.81. The lowest BCUT2D eigenvalue weighted by Gasteiger charge is -2.16. The van der Waals surface area contributed by atoms with E-state index in [1.807, 2.05) is 0 Å². The summed E-state index contributed by atoms with van der Waals surface area (Å²) in [5.41, 5.74) is 0. The highest BCUT2D eigenvalue weighted by Gasteiger charge is 2.16. The molecule has 0 heterocycles. The van der Waals surface area contributed by atoms with Gasteiger partial charge in [-0.15, -0.1) is 0 Å². The summed E-state index contributed by atoms with van der Waals surface area (Å²) in [4.78, 5) is 0. The standard InChI is InChI=1S/C18H37N/c1-4-17-11-9-12-18(14-13-17)19-15-8-6-5-7-10-16(2)3/h16-19H,4-15H2,1-3H3. The van der Waals surface area contributed by atoms with Crippen molar-refractivity contribution in [3.63, 3.8) is 0 Å². The van der Waals surface area contributed by atoms with Gasteiger partial charge < -0.3 is 5.32 Å². The lowest BCUT2D eigenvalue weighted by molar-refractivity contribution is 0.420. The van der Waals surface area contributed by atoms with Gasteiger partial charge in [0.1, 0.15) is 0 Å². The Labute approximate surface area is 121 Å². The molecule has 0 amide bonds. The van der Waals surface area contributed by atoms with Crippen molar-refractivity contribution in [3.8, 4) is 0 Å². The smallest absolute Gasteiger partial charge is 0.00671 e. The van der Waals surface area contributed by atoms with Gasteiger partial charge in [0, 0.05) is 6.04 Å². The average molecular weight is 268 g/mol. The number of hydrogen-bond donors (Lipinski definition) is 1. The van der Waals surface area contributed by atoms with Crippen molar-refractivity contribution in [1.82, 2.24) is 5.32 Å². The van der Waals surface area contributed by atoms with Crippen molar-refractivity contribution < 1.29 is 0 Å². The molecular weight excluding hydrogens is 230 g/mol. The molecule has 1 aliphatic carbocycles. The van der Waals surface area contributed by atoms with Gasteiger partial charge in [-0.2, -0.15) is 0 Å². The molecule has 1 N–H and O–H groups in total. The summed E-state index contributed by atoms with van der Waals surface area (Å²) in [6, 6.07) is 0.826. The SMILES string of the molecule is CCC1CCCC(NCCCCCCC(C)C)CC1. The predicted octanol–water partition coefficient (Wildman–Crippen LogP) is 5.54. The second-order valence-electron chi connectivity index (χ2n) is 7.03. The zero-order chi connectivity index (χ0) is 13.9. The van der Waals surface area contributed by atoms with Gasteiger partial charge in [0.15, 0.2) is 0 Å². The molecule has 0 spiro atoms. The van der Waals surface area contributed by atoms with Crippen LogP contribution in [0.15, 0.2) is 0 Å².